The minimum absolute atomic E-state index is 0.182. The number of unbranched alkanes of at least 4 members (excludes halogenated alkanes) is 1. The minimum atomic E-state index is -0.381. The molecule has 4 rings (SSSR count). The molecule has 0 radical (unpaired) electrons. The van der Waals surface area contributed by atoms with E-state index in [-0.39, 0.29) is 17.5 Å². The van der Waals surface area contributed by atoms with Crippen molar-refractivity contribution in [2.24, 2.45) is 0 Å². The quantitative estimate of drug-likeness (QED) is 0.280. The maximum atomic E-state index is 13.3. The average Bonchev–Trinajstić information content (AvgIpc) is 2.88. The molecule has 2 amide bonds. The Kier molecular flexibility index (Phi) is 7.74. The standard InChI is InChI=1S/C31H30N2O2/c1-3-4-7-23-14-16-26(17-15-23)30(34)33-29(20-24-12-10-22(2)11-13-24)31(35)32-28-19-18-25-8-5-6-9-27(25)21-28/h5-6,8-21H,3-4,7H2,1-2H3,(H,32,35)(H,33,34)/b29-20-. The largest absolute Gasteiger partial charge is 0.321 e. The third-order valence-electron chi connectivity index (χ3n) is 5.92. The second-order valence-electron chi connectivity index (χ2n) is 8.74. The van der Waals surface area contributed by atoms with Crippen molar-refractivity contribution in [2.45, 2.75) is 33.1 Å². The lowest BCUT2D eigenvalue weighted by Crippen LogP contribution is -2.30. The highest BCUT2D eigenvalue weighted by molar-refractivity contribution is 6.11. The predicted octanol–water partition coefficient (Wildman–Crippen LogP) is 6.90. The van der Waals surface area contributed by atoms with Crippen LogP contribution in [0.3, 0.4) is 0 Å². The topological polar surface area (TPSA) is 58.2 Å². The summed E-state index contributed by atoms with van der Waals surface area (Å²) in [5.74, 6) is -0.701. The minimum Gasteiger partial charge on any atom is -0.321 e. The molecule has 0 saturated carbocycles. The first-order chi connectivity index (χ1) is 17.0. The number of anilines is 1. The van der Waals surface area contributed by atoms with Crippen molar-refractivity contribution in [3.8, 4) is 0 Å². The van der Waals surface area contributed by atoms with Gasteiger partial charge in [0.15, 0.2) is 0 Å². The van der Waals surface area contributed by atoms with E-state index in [2.05, 4.69) is 17.6 Å². The Morgan fingerprint density at radius 2 is 1.54 bits per heavy atom. The monoisotopic (exact) mass is 462 g/mol. The first-order valence-corrected chi connectivity index (χ1v) is 12.0. The summed E-state index contributed by atoms with van der Waals surface area (Å²) in [7, 11) is 0. The zero-order valence-electron chi connectivity index (χ0n) is 20.2. The number of benzene rings is 4. The van der Waals surface area contributed by atoms with Crippen molar-refractivity contribution in [3.05, 3.63) is 119 Å². The Labute approximate surface area is 206 Å². The number of hydrogen-bond acceptors (Lipinski definition) is 2. The second-order valence-corrected chi connectivity index (χ2v) is 8.74. The molecule has 0 unspecified atom stereocenters. The third kappa shape index (κ3) is 6.45. The van der Waals surface area contributed by atoms with Gasteiger partial charge >= 0.3 is 0 Å². The molecule has 0 aliphatic rings. The van der Waals surface area contributed by atoms with Gasteiger partial charge in [0.1, 0.15) is 5.70 Å². The van der Waals surface area contributed by atoms with Gasteiger partial charge in [-0.1, -0.05) is 85.6 Å². The molecule has 4 aromatic carbocycles. The van der Waals surface area contributed by atoms with Gasteiger partial charge in [-0.05, 0) is 72.0 Å². The number of carbonyl (C=O) groups excluding carboxylic acids is 2. The Balaban J connectivity index is 1.57. The van der Waals surface area contributed by atoms with E-state index in [0.29, 0.717) is 11.3 Å². The number of rotatable bonds is 8. The molecule has 0 aromatic heterocycles. The molecule has 0 aliphatic heterocycles. The molecule has 0 heterocycles. The number of amides is 2. The molecular weight excluding hydrogens is 432 g/mol. The first kappa shape index (κ1) is 24.0. The van der Waals surface area contributed by atoms with Crippen LogP contribution >= 0.6 is 0 Å². The molecule has 0 atom stereocenters. The van der Waals surface area contributed by atoms with E-state index in [9.17, 15) is 9.59 Å². The lowest BCUT2D eigenvalue weighted by molar-refractivity contribution is -0.113. The Morgan fingerprint density at radius 1 is 0.829 bits per heavy atom. The highest BCUT2D eigenvalue weighted by atomic mass is 16.2. The van der Waals surface area contributed by atoms with Crippen molar-refractivity contribution >= 4 is 34.4 Å². The summed E-state index contributed by atoms with van der Waals surface area (Å²) in [4.78, 5) is 26.3. The zero-order chi connectivity index (χ0) is 24.6. The molecule has 176 valence electrons. The maximum absolute atomic E-state index is 13.3. The Morgan fingerprint density at radius 3 is 2.26 bits per heavy atom. The fraction of sp³-hybridized carbons (Fsp3) is 0.161. The van der Waals surface area contributed by atoms with Crippen LogP contribution in [0.4, 0.5) is 5.69 Å². The molecule has 0 spiro atoms. The molecule has 0 saturated heterocycles. The SMILES string of the molecule is CCCCc1ccc(C(=O)N/C(=C\c2ccc(C)cc2)C(=O)Nc2ccc3ccccc3c2)cc1. The fourth-order valence-electron chi connectivity index (χ4n) is 3.85. The van der Waals surface area contributed by atoms with E-state index >= 15 is 0 Å². The molecule has 0 bridgehead atoms. The predicted molar refractivity (Wildman–Crippen MR) is 144 cm³/mol. The number of aryl methyl sites for hydroxylation is 2. The van der Waals surface area contributed by atoms with Gasteiger partial charge in [0.2, 0.25) is 0 Å². The second kappa shape index (κ2) is 11.3. The molecule has 0 fully saturated rings. The lowest BCUT2D eigenvalue weighted by atomic mass is 10.1. The smallest absolute Gasteiger partial charge is 0.272 e. The van der Waals surface area contributed by atoms with Crippen LogP contribution in [-0.2, 0) is 11.2 Å². The highest BCUT2D eigenvalue weighted by Crippen LogP contribution is 2.20. The molecule has 2 N–H and O–H groups in total. The van der Waals surface area contributed by atoms with Gasteiger partial charge in [-0.25, -0.2) is 0 Å². The van der Waals surface area contributed by atoms with Gasteiger partial charge in [0.05, 0.1) is 0 Å². The van der Waals surface area contributed by atoms with Gasteiger partial charge in [-0.15, -0.1) is 0 Å². The molecule has 4 aromatic rings. The summed E-state index contributed by atoms with van der Waals surface area (Å²) >= 11 is 0. The fourth-order valence-corrected chi connectivity index (χ4v) is 3.85. The van der Waals surface area contributed by atoms with E-state index in [4.69, 9.17) is 0 Å². The molecular formula is C31H30N2O2. The molecule has 0 aliphatic carbocycles. The van der Waals surface area contributed by atoms with Crippen LogP contribution in [0.25, 0.3) is 16.8 Å². The molecule has 35 heavy (non-hydrogen) atoms. The van der Waals surface area contributed by atoms with E-state index in [0.717, 1.165) is 41.2 Å². The van der Waals surface area contributed by atoms with E-state index in [1.807, 2.05) is 97.9 Å². The third-order valence-corrected chi connectivity index (χ3v) is 5.92. The van der Waals surface area contributed by atoms with Crippen LogP contribution in [0, 0.1) is 6.92 Å². The van der Waals surface area contributed by atoms with Crippen LogP contribution in [0.5, 0.6) is 0 Å². The highest BCUT2D eigenvalue weighted by Gasteiger charge is 2.15. The van der Waals surface area contributed by atoms with Crippen LogP contribution in [-0.4, -0.2) is 11.8 Å². The average molecular weight is 463 g/mol. The number of carbonyl (C=O) groups is 2. The number of fused-ring (bicyclic) bond motifs is 1. The van der Waals surface area contributed by atoms with Crippen LogP contribution in [0.15, 0.2) is 96.7 Å². The number of nitrogens with one attached hydrogen (secondary N) is 2. The lowest BCUT2D eigenvalue weighted by Gasteiger charge is -2.12. The summed E-state index contributed by atoms with van der Waals surface area (Å²) in [6.07, 6.45) is 4.93. The molecule has 4 nitrogen and oxygen atoms in total. The van der Waals surface area contributed by atoms with Crippen molar-refractivity contribution < 1.29 is 9.59 Å². The number of hydrogen-bond donors (Lipinski definition) is 2. The Hall–Kier alpha value is -4.18. The van der Waals surface area contributed by atoms with Gasteiger partial charge in [-0.2, -0.15) is 0 Å². The van der Waals surface area contributed by atoms with E-state index in [1.165, 1.54) is 5.56 Å². The van der Waals surface area contributed by atoms with Crippen LogP contribution in [0.2, 0.25) is 0 Å². The van der Waals surface area contributed by atoms with Gasteiger partial charge in [-0.3, -0.25) is 9.59 Å². The van der Waals surface area contributed by atoms with Crippen molar-refractivity contribution in [2.75, 3.05) is 5.32 Å². The normalized spacial score (nSPS) is 11.3. The molecule has 4 heteroatoms. The van der Waals surface area contributed by atoms with Crippen molar-refractivity contribution in [1.29, 1.82) is 0 Å². The summed E-state index contributed by atoms with van der Waals surface area (Å²) < 4.78 is 0. The van der Waals surface area contributed by atoms with Crippen LogP contribution < -0.4 is 10.6 Å². The summed E-state index contributed by atoms with van der Waals surface area (Å²) in [6.45, 7) is 4.17. The Bertz CT molecular complexity index is 1350. The van der Waals surface area contributed by atoms with E-state index in [1.54, 1.807) is 6.08 Å². The summed E-state index contributed by atoms with van der Waals surface area (Å²) in [5.41, 5.74) is 4.51. The summed E-state index contributed by atoms with van der Waals surface area (Å²) in [5, 5.41) is 7.88. The van der Waals surface area contributed by atoms with Gasteiger partial charge in [0.25, 0.3) is 11.8 Å². The summed E-state index contributed by atoms with van der Waals surface area (Å²) in [6, 6.07) is 29.1. The maximum Gasteiger partial charge on any atom is 0.272 e. The van der Waals surface area contributed by atoms with Crippen LogP contribution in [0.1, 0.15) is 46.8 Å². The van der Waals surface area contributed by atoms with Crippen molar-refractivity contribution in [1.82, 2.24) is 5.32 Å². The van der Waals surface area contributed by atoms with Gasteiger partial charge in [0, 0.05) is 11.3 Å². The zero-order valence-corrected chi connectivity index (χ0v) is 20.2. The van der Waals surface area contributed by atoms with Gasteiger partial charge < -0.3 is 10.6 Å². The van der Waals surface area contributed by atoms with Crippen molar-refractivity contribution in [3.63, 3.8) is 0 Å². The first-order valence-electron chi connectivity index (χ1n) is 12.0. The van der Waals surface area contributed by atoms with E-state index < -0.39 is 0 Å².